The van der Waals surface area contributed by atoms with E-state index < -0.39 is 0 Å². The molecule has 90 valence electrons. The Hall–Kier alpha value is -1.68. The number of hydrogen-bond acceptors (Lipinski definition) is 3. The molecule has 4 nitrogen and oxygen atoms in total. The second-order valence-corrected chi connectivity index (χ2v) is 4.55. The monoisotopic (exact) mass is 231 g/mol. The molecule has 0 aliphatic heterocycles. The van der Waals surface area contributed by atoms with Crippen molar-refractivity contribution in [1.29, 1.82) is 0 Å². The lowest BCUT2D eigenvalue weighted by molar-refractivity contribution is 0.543. The molecule has 0 bridgehead atoms. The lowest BCUT2D eigenvalue weighted by atomic mass is 10.2. The van der Waals surface area contributed by atoms with E-state index in [0.717, 1.165) is 12.1 Å². The summed E-state index contributed by atoms with van der Waals surface area (Å²) in [5.41, 5.74) is 0.676. The Bertz CT molecular complexity index is 560. The van der Waals surface area contributed by atoms with Crippen LogP contribution in [-0.4, -0.2) is 16.5 Å². The van der Waals surface area contributed by atoms with Gasteiger partial charge in [-0.15, -0.1) is 0 Å². The zero-order chi connectivity index (χ0) is 12.3. The summed E-state index contributed by atoms with van der Waals surface area (Å²) in [6, 6.07) is 7.37. The molecular formula is C13H17N3O. The van der Waals surface area contributed by atoms with E-state index >= 15 is 0 Å². The van der Waals surface area contributed by atoms with Crippen molar-refractivity contribution in [3.05, 3.63) is 40.4 Å². The second kappa shape index (κ2) is 5.10. The third-order valence-electron chi connectivity index (χ3n) is 2.51. The number of nitrogens with one attached hydrogen (secondary N) is 2. The van der Waals surface area contributed by atoms with Gasteiger partial charge in [0.25, 0.3) is 5.56 Å². The van der Waals surface area contributed by atoms with E-state index in [9.17, 15) is 4.79 Å². The number of hydrogen-bond donors (Lipinski definition) is 2. The summed E-state index contributed by atoms with van der Waals surface area (Å²) >= 11 is 0. The molecule has 0 saturated carbocycles. The molecule has 0 radical (unpaired) electrons. The predicted octanol–water partition coefficient (Wildman–Crippen LogP) is 1.67. The zero-order valence-corrected chi connectivity index (χ0v) is 10.2. The number of benzene rings is 1. The van der Waals surface area contributed by atoms with Gasteiger partial charge in [-0.05, 0) is 24.6 Å². The van der Waals surface area contributed by atoms with E-state index in [1.165, 1.54) is 0 Å². The quantitative estimate of drug-likeness (QED) is 0.841. The number of rotatable bonds is 4. The topological polar surface area (TPSA) is 57.8 Å². The highest BCUT2D eigenvalue weighted by atomic mass is 16.1. The highest BCUT2D eigenvalue weighted by Crippen LogP contribution is 2.05. The highest BCUT2D eigenvalue weighted by molar-refractivity contribution is 5.77. The van der Waals surface area contributed by atoms with Gasteiger partial charge in [-0.3, -0.25) is 4.79 Å². The molecule has 0 amide bonds. The van der Waals surface area contributed by atoms with Crippen LogP contribution in [0, 0.1) is 5.92 Å². The third kappa shape index (κ3) is 2.91. The van der Waals surface area contributed by atoms with Crippen molar-refractivity contribution in [2.24, 2.45) is 5.92 Å². The van der Waals surface area contributed by atoms with E-state index in [1.807, 2.05) is 18.2 Å². The van der Waals surface area contributed by atoms with Crippen molar-refractivity contribution in [1.82, 2.24) is 15.3 Å². The number of H-pyrrole nitrogens is 1. The molecule has 1 aromatic carbocycles. The Morgan fingerprint density at radius 1 is 1.35 bits per heavy atom. The smallest absolute Gasteiger partial charge is 0.258 e. The van der Waals surface area contributed by atoms with Crippen molar-refractivity contribution in [3.63, 3.8) is 0 Å². The second-order valence-electron chi connectivity index (χ2n) is 4.55. The molecule has 2 N–H and O–H groups in total. The first-order chi connectivity index (χ1) is 8.16. The summed E-state index contributed by atoms with van der Waals surface area (Å²) in [5.74, 6) is 1.27. The molecule has 0 spiro atoms. The van der Waals surface area contributed by atoms with Crippen molar-refractivity contribution in [2.45, 2.75) is 20.4 Å². The molecule has 1 aromatic heterocycles. The molecule has 0 aliphatic carbocycles. The van der Waals surface area contributed by atoms with Crippen molar-refractivity contribution >= 4 is 10.9 Å². The number of para-hydroxylation sites is 1. The van der Waals surface area contributed by atoms with Gasteiger partial charge in [0, 0.05) is 0 Å². The molecule has 1 heterocycles. The van der Waals surface area contributed by atoms with Gasteiger partial charge in [-0.25, -0.2) is 4.98 Å². The Kier molecular flexibility index (Phi) is 3.54. The third-order valence-corrected chi connectivity index (χ3v) is 2.51. The first-order valence-electron chi connectivity index (χ1n) is 5.85. The lowest BCUT2D eigenvalue weighted by Gasteiger charge is -2.07. The number of nitrogens with zero attached hydrogens (tertiary/aromatic N) is 1. The van der Waals surface area contributed by atoms with E-state index in [1.54, 1.807) is 6.07 Å². The lowest BCUT2D eigenvalue weighted by Crippen LogP contribution is -2.22. The maximum Gasteiger partial charge on any atom is 0.258 e. The van der Waals surface area contributed by atoms with Gasteiger partial charge in [-0.2, -0.15) is 0 Å². The summed E-state index contributed by atoms with van der Waals surface area (Å²) in [6.07, 6.45) is 0. The Morgan fingerprint density at radius 3 is 2.88 bits per heavy atom. The minimum absolute atomic E-state index is 0.0723. The summed E-state index contributed by atoms with van der Waals surface area (Å²) in [5, 5.41) is 3.90. The van der Waals surface area contributed by atoms with E-state index in [-0.39, 0.29) is 5.56 Å². The van der Waals surface area contributed by atoms with Crippen LogP contribution in [0.4, 0.5) is 0 Å². The maximum absolute atomic E-state index is 11.8. The van der Waals surface area contributed by atoms with Gasteiger partial charge in [0.2, 0.25) is 0 Å². The Morgan fingerprint density at radius 2 is 2.12 bits per heavy atom. The largest absolute Gasteiger partial charge is 0.310 e. The van der Waals surface area contributed by atoms with Gasteiger partial charge in [-0.1, -0.05) is 26.0 Å². The van der Waals surface area contributed by atoms with Gasteiger partial charge in [0.05, 0.1) is 17.4 Å². The fourth-order valence-electron chi connectivity index (χ4n) is 1.70. The van der Waals surface area contributed by atoms with E-state index in [2.05, 4.69) is 29.1 Å². The first-order valence-corrected chi connectivity index (χ1v) is 5.85. The molecule has 0 atom stereocenters. The Labute approximate surface area is 100 Å². The minimum Gasteiger partial charge on any atom is -0.310 e. The van der Waals surface area contributed by atoms with Crippen LogP contribution in [0.5, 0.6) is 0 Å². The molecule has 0 fully saturated rings. The van der Waals surface area contributed by atoms with Crippen LogP contribution < -0.4 is 10.9 Å². The molecule has 2 aromatic rings. The Balaban J connectivity index is 2.22. The van der Waals surface area contributed by atoms with Crippen LogP contribution in [0.25, 0.3) is 10.9 Å². The summed E-state index contributed by atoms with van der Waals surface area (Å²) in [4.78, 5) is 19.0. The summed E-state index contributed by atoms with van der Waals surface area (Å²) < 4.78 is 0. The minimum atomic E-state index is -0.0723. The number of aromatic amines is 1. The van der Waals surface area contributed by atoms with Gasteiger partial charge >= 0.3 is 0 Å². The van der Waals surface area contributed by atoms with Crippen LogP contribution in [0.15, 0.2) is 29.1 Å². The van der Waals surface area contributed by atoms with E-state index in [0.29, 0.717) is 23.7 Å². The summed E-state index contributed by atoms with van der Waals surface area (Å²) in [7, 11) is 0. The van der Waals surface area contributed by atoms with Crippen LogP contribution in [-0.2, 0) is 6.54 Å². The SMILES string of the molecule is CC(C)CNCc1nc2ccccc2c(=O)[nH]1. The van der Waals surface area contributed by atoms with Crippen LogP contribution in [0.1, 0.15) is 19.7 Å². The molecule has 0 unspecified atom stereocenters. The van der Waals surface area contributed by atoms with Gasteiger partial charge < -0.3 is 10.3 Å². The molecule has 2 rings (SSSR count). The molecular weight excluding hydrogens is 214 g/mol. The van der Waals surface area contributed by atoms with Crippen molar-refractivity contribution < 1.29 is 0 Å². The standard InChI is InChI=1S/C13H17N3O/c1-9(2)7-14-8-12-15-11-6-4-3-5-10(11)13(17)16-12/h3-6,9,14H,7-8H2,1-2H3,(H,15,16,17). The van der Waals surface area contributed by atoms with Crippen molar-refractivity contribution in [3.8, 4) is 0 Å². The van der Waals surface area contributed by atoms with Crippen LogP contribution in [0.3, 0.4) is 0 Å². The highest BCUT2D eigenvalue weighted by Gasteiger charge is 2.02. The summed E-state index contributed by atoms with van der Waals surface area (Å²) in [6.45, 7) is 5.79. The molecule has 17 heavy (non-hydrogen) atoms. The van der Waals surface area contributed by atoms with Gasteiger partial charge in [0.15, 0.2) is 0 Å². The van der Waals surface area contributed by atoms with E-state index in [4.69, 9.17) is 0 Å². The average molecular weight is 231 g/mol. The number of aromatic nitrogens is 2. The normalized spacial score (nSPS) is 11.2. The van der Waals surface area contributed by atoms with Crippen molar-refractivity contribution in [2.75, 3.05) is 6.54 Å². The number of fused-ring (bicyclic) bond motifs is 1. The fourth-order valence-corrected chi connectivity index (χ4v) is 1.70. The maximum atomic E-state index is 11.8. The fraction of sp³-hybridized carbons (Fsp3) is 0.385. The molecule has 0 aliphatic rings. The van der Waals surface area contributed by atoms with Crippen LogP contribution >= 0.6 is 0 Å². The predicted molar refractivity (Wildman–Crippen MR) is 68.9 cm³/mol. The first kappa shape index (κ1) is 11.8. The molecule has 0 saturated heterocycles. The van der Waals surface area contributed by atoms with Gasteiger partial charge in [0.1, 0.15) is 5.82 Å². The van der Waals surface area contributed by atoms with Crippen LogP contribution in [0.2, 0.25) is 0 Å². The molecule has 4 heteroatoms. The average Bonchev–Trinajstić information content (AvgIpc) is 2.28. The zero-order valence-electron chi connectivity index (χ0n) is 10.2.